The van der Waals surface area contributed by atoms with Gasteiger partial charge in [-0.05, 0) is 25.0 Å². The van der Waals surface area contributed by atoms with E-state index >= 15 is 0 Å². The van der Waals surface area contributed by atoms with Crippen molar-refractivity contribution in [2.45, 2.75) is 19.4 Å². The van der Waals surface area contributed by atoms with E-state index in [4.69, 9.17) is 0 Å². The van der Waals surface area contributed by atoms with Gasteiger partial charge in [0, 0.05) is 18.3 Å². The molecule has 0 spiro atoms. The standard InChI is InChI=1S/C10H17N2P/c1-3-5-10-8(4-2)6-9(12-13)7-11-10/h3-5,9,11-12H,1,6-7,13H2,2H3/b8-4-,10-5+. The Hall–Kier alpha value is -0.590. The van der Waals surface area contributed by atoms with Crippen LogP contribution in [0.4, 0.5) is 0 Å². The monoisotopic (exact) mass is 196 g/mol. The molecular weight excluding hydrogens is 179 g/mol. The summed E-state index contributed by atoms with van der Waals surface area (Å²) in [5.41, 5.74) is 2.56. The second kappa shape index (κ2) is 5.21. The lowest BCUT2D eigenvalue weighted by Gasteiger charge is -2.27. The highest BCUT2D eigenvalue weighted by Gasteiger charge is 2.17. The topological polar surface area (TPSA) is 24.1 Å². The number of rotatable bonds is 2. The Kier molecular flexibility index (Phi) is 4.20. The van der Waals surface area contributed by atoms with E-state index in [1.165, 1.54) is 11.3 Å². The van der Waals surface area contributed by atoms with Crippen LogP contribution in [0, 0.1) is 0 Å². The number of hydrogen-bond donors (Lipinski definition) is 2. The van der Waals surface area contributed by atoms with Crippen molar-refractivity contribution in [3.63, 3.8) is 0 Å². The fourth-order valence-corrected chi connectivity index (χ4v) is 1.70. The van der Waals surface area contributed by atoms with Crippen LogP contribution in [0.3, 0.4) is 0 Å². The minimum atomic E-state index is 0.512. The predicted molar refractivity (Wildman–Crippen MR) is 61.3 cm³/mol. The van der Waals surface area contributed by atoms with Crippen LogP contribution in [0.1, 0.15) is 13.3 Å². The quantitative estimate of drug-likeness (QED) is 0.657. The molecule has 0 aromatic rings. The molecule has 1 saturated heterocycles. The molecule has 2 nitrogen and oxygen atoms in total. The highest BCUT2D eigenvalue weighted by Crippen LogP contribution is 2.19. The molecule has 2 N–H and O–H groups in total. The molecule has 1 fully saturated rings. The Bertz CT molecular complexity index is 243. The molecule has 0 aromatic carbocycles. The molecule has 0 radical (unpaired) electrons. The second-order valence-electron chi connectivity index (χ2n) is 3.08. The molecule has 0 aromatic heterocycles. The lowest BCUT2D eigenvalue weighted by molar-refractivity contribution is 0.546. The summed E-state index contributed by atoms with van der Waals surface area (Å²) in [7, 11) is 2.57. The Morgan fingerprint density at radius 2 is 2.46 bits per heavy atom. The Morgan fingerprint density at radius 3 is 3.00 bits per heavy atom. The van der Waals surface area contributed by atoms with Gasteiger partial charge in [0.2, 0.25) is 0 Å². The summed E-state index contributed by atoms with van der Waals surface area (Å²) in [6.45, 7) is 6.74. The van der Waals surface area contributed by atoms with Crippen LogP contribution < -0.4 is 10.4 Å². The summed E-state index contributed by atoms with van der Waals surface area (Å²) >= 11 is 0. The summed E-state index contributed by atoms with van der Waals surface area (Å²) in [5.74, 6) is 0. The summed E-state index contributed by atoms with van der Waals surface area (Å²) < 4.78 is 0. The zero-order valence-electron chi connectivity index (χ0n) is 8.01. The first kappa shape index (κ1) is 10.5. The van der Waals surface area contributed by atoms with Gasteiger partial charge in [0.15, 0.2) is 0 Å². The molecule has 1 aliphatic rings. The van der Waals surface area contributed by atoms with Crippen molar-refractivity contribution < 1.29 is 0 Å². The normalized spacial score (nSPS) is 28.9. The highest BCUT2D eigenvalue weighted by atomic mass is 31.0. The number of hydrogen-bond acceptors (Lipinski definition) is 2. The maximum Gasteiger partial charge on any atom is 0.0370 e. The van der Waals surface area contributed by atoms with Crippen molar-refractivity contribution in [2.24, 2.45) is 0 Å². The van der Waals surface area contributed by atoms with Crippen LogP contribution in [-0.4, -0.2) is 12.6 Å². The molecule has 2 unspecified atom stereocenters. The van der Waals surface area contributed by atoms with Crippen molar-refractivity contribution in [3.8, 4) is 0 Å². The van der Waals surface area contributed by atoms with Crippen molar-refractivity contribution >= 4 is 9.39 Å². The molecule has 0 bridgehead atoms. The number of piperidine rings is 1. The summed E-state index contributed by atoms with van der Waals surface area (Å²) in [6, 6.07) is 0.512. The molecule has 3 heteroatoms. The van der Waals surface area contributed by atoms with Crippen LogP contribution in [0.15, 0.2) is 36.1 Å². The van der Waals surface area contributed by atoms with Gasteiger partial charge in [0.1, 0.15) is 0 Å². The molecule has 1 heterocycles. The summed E-state index contributed by atoms with van der Waals surface area (Å²) in [5, 5.41) is 6.56. The van der Waals surface area contributed by atoms with E-state index in [-0.39, 0.29) is 0 Å². The molecule has 1 aliphatic heterocycles. The lowest BCUT2D eigenvalue weighted by Crippen LogP contribution is -2.39. The average Bonchev–Trinajstić information content (AvgIpc) is 2.19. The van der Waals surface area contributed by atoms with Gasteiger partial charge in [-0.3, -0.25) is 5.09 Å². The van der Waals surface area contributed by atoms with Crippen LogP contribution in [0.5, 0.6) is 0 Å². The van der Waals surface area contributed by atoms with Crippen LogP contribution in [-0.2, 0) is 0 Å². The van der Waals surface area contributed by atoms with Crippen LogP contribution >= 0.6 is 9.39 Å². The van der Waals surface area contributed by atoms with E-state index in [9.17, 15) is 0 Å². The first-order valence-electron chi connectivity index (χ1n) is 4.50. The van der Waals surface area contributed by atoms with Gasteiger partial charge < -0.3 is 5.32 Å². The maximum absolute atomic E-state index is 3.70. The fraction of sp³-hybridized carbons (Fsp3) is 0.400. The molecule has 0 saturated carbocycles. The van der Waals surface area contributed by atoms with E-state index < -0.39 is 0 Å². The Balaban J connectivity index is 2.72. The summed E-state index contributed by atoms with van der Waals surface area (Å²) in [6.07, 6.45) is 7.07. The fourth-order valence-electron chi connectivity index (χ4n) is 1.47. The first-order valence-corrected chi connectivity index (χ1v) is 5.07. The van der Waals surface area contributed by atoms with Gasteiger partial charge in [-0.15, -0.1) is 0 Å². The smallest absolute Gasteiger partial charge is 0.0370 e. The van der Waals surface area contributed by atoms with Gasteiger partial charge in [-0.2, -0.15) is 0 Å². The third-order valence-corrected chi connectivity index (χ3v) is 2.69. The van der Waals surface area contributed by atoms with E-state index in [1.54, 1.807) is 0 Å². The van der Waals surface area contributed by atoms with Gasteiger partial charge in [-0.1, -0.05) is 28.1 Å². The van der Waals surface area contributed by atoms with E-state index in [1.807, 2.05) is 12.2 Å². The van der Waals surface area contributed by atoms with Gasteiger partial charge in [0.05, 0.1) is 0 Å². The largest absolute Gasteiger partial charge is 0.383 e. The van der Waals surface area contributed by atoms with Crippen LogP contribution in [0.25, 0.3) is 0 Å². The zero-order valence-corrected chi connectivity index (χ0v) is 9.16. The van der Waals surface area contributed by atoms with E-state index in [2.05, 4.69) is 39.4 Å². The Labute approximate surface area is 82.4 Å². The predicted octanol–water partition coefficient (Wildman–Crippen LogP) is 1.74. The Morgan fingerprint density at radius 1 is 1.69 bits per heavy atom. The zero-order chi connectivity index (χ0) is 9.68. The van der Waals surface area contributed by atoms with Crippen molar-refractivity contribution in [2.75, 3.05) is 6.54 Å². The third kappa shape index (κ3) is 2.68. The van der Waals surface area contributed by atoms with E-state index in [0.717, 1.165) is 13.0 Å². The number of nitrogens with one attached hydrogen (secondary N) is 2. The van der Waals surface area contributed by atoms with Crippen molar-refractivity contribution in [3.05, 3.63) is 36.1 Å². The molecule has 13 heavy (non-hydrogen) atoms. The molecule has 2 atom stereocenters. The average molecular weight is 196 g/mol. The summed E-state index contributed by atoms with van der Waals surface area (Å²) in [4.78, 5) is 0. The third-order valence-electron chi connectivity index (χ3n) is 2.22. The maximum atomic E-state index is 3.70. The van der Waals surface area contributed by atoms with Gasteiger partial charge >= 0.3 is 0 Å². The molecule has 0 aliphatic carbocycles. The SMILES string of the molecule is C=C/C=C1/NCC(NP)C/C1=C/C. The highest BCUT2D eigenvalue weighted by molar-refractivity contribution is 7.13. The minimum absolute atomic E-state index is 0.512. The minimum Gasteiger partial charge on any atom is -0.383 e. The first-order chi connectivity index (χ1) is 6.31. The van der Waals surface area contributed by atoms with Crippen LogP contribution in [0.2, 0.25) is 0 Å². The molecule has 1 rings (SSSR count). The van der Waals surface area contributed by atoms with Crippen molar-refractivity contribution in [1.29, 1.82) is 0 Å². The molecule has 0 amide bonds. The van der Waals surface area contributed by atoms with E-state index in [0.29, 0.717) is 6.04 Å². The van der Waals surface area contributed by atoms with Gasteiger partial charge in [0.25, 0.3) is 0 Å². The van der Waals surface area contributed by atoms with Gasteiger partial charge in [-0.25, -0.2) is 0 Å². The second-order valence-corrected chi connectivity index (χ2v) is 3.41. The lowest BCUT2D eigenvalue weighted by atomic mass is 9.98. The molecular formula is C10H17N2P. The number of allylic oxidation sites excluding steroid dienone is 4. The van der Waals surface area contributed by atoms with Crippen molar-refractivity contribution in [1.82, 2.24) is 10.4 Å². The molecule has 72 valence electrons.